The largest absolute Gasteiger partial charge is 0.390 e. The minimum absolute atomic E-state index is 0.0495. The number of benzene rings is 1. The Kier molecular flexibility index (Phi) is 3.74. The third kappa shape index (κ3) is 2.76. The van der Waals surface area contributed by atoms with Crippen molar-refractivity contribution < 1.29 is 9.90 Å². The van der Waals surface area contributed by atoms with Crippen LogP contribution in [0.3, 0.4) is 0 Å². The van der Waals surface area contributed by atoms with Gasteiger partial charge in [-0.15, -0.1) is 0 Å². The van der Waals surface area contributed by atoms with Gasteiger partial charge < -0.3 is 10.0 Å². The van der Waals surface area contributed by atoms with Crippen LogP contribution < -0.4 is 0 Å². The van der Waals surface area contributed by atoms with Crippen molar-refractivity contribution in [3.63, 3.8) is 0 Å². The molecule has 3 nitrogen and oxygen atoms in total. The summed E-state index contributed by atoms with van der Waals surface area (Å²) in [4.78, 5) is 14.5. The van der Waals surface area contributed by atoms with Crippen LogP contribution in [-0.2, 0) is 4.79 Å². The zero-order chi connectivity index (χ0) is 17.1. The van der Waals surface area contributed by atoms with Crippen LogP contribution in [0.2, 0.25) is 5.02 Å². The molecule has 1 amide bonds. The van der Waals surface area contributed by atoms with Gasteiger partial charge in [0.05, 0.1) is 5.60 Å². The van der Waals surface area contributed by atoms with E-state index in [1.54, 1.807) is 0 Å². The molecule has 130 valence electrons. The molecule has 0 radical (unpaired) electrons. The fourth-order valence-electron chi connectivity index (χ4n) is 5.05. The number of rotatable bonds is 2. The normalized spacial score (nSPS) is 34.1. The molecule has 1 aromatic rings. The Morgan fingerprint density at radius 2 is 2.00 bits per heavy atom. The average Bonchev–Trinajstić information content (AvgIpc) is 2.91. The van der Waals surface area contributed by atoms with E-state index in [-0.39, 0.29) is 11.8 Å². The molecular weight excluding hydrogens is 322 g/mol. The number of likely N-dealkylation sites (tertiary alicyclic amines) is 1. The lowest BCUT2D eigenvalue weighted by atomic mass is 9.69. The number of hydrogen-bond acceptors (Lipinski definition) is 2. The molecule has 4 heteroatoms. The quantitative estimate of drug-likeness (QED) is 0.881. The molecule has 4 rings (SSSR count). The highest BCUT2D eigenvalue weighted by atomic mass is 35.5. The van der Waals surface area contributed by atoms with Gasteiger partial charge in [-0.3, -0.25) is 4.79 Å². The summed E-state index contributed by atoms with van der Waals surface area (Å²) in [6.45, 7) is 5.71. The Bertz CT molecular complexity index is 670. The van der Waals surface area contributed by atoms with Crippen molar-refractivity contribution in [1.82, 2.24) is 4.90 Å². The van der Waals surface area contributed by atoms with Gasteiger partial charge in [0.2, 0.25) is 5.91 Å². The molecular formula is C20H26ClNO2. The van der Waals surface area contributed by atoms with Gasteiger partial charge >= 0.3 is 0 Å². The van der Waals surface area contributed by atoms with Gasteiger partial charge in [0.15, 0.2) is 0 Å². The molecule has 3 aliphatic rings. The topological polar surface area (TPSA) is 40.5 Å². The fraction of sp³-hybridized carbons (Fsp3) is 0.650. The van der Waals surface area contributed by atoms with Gasteiger partial charge in [-0.25, -0.2) is 0 Å². The number of amides is 1. The summed E-state index contributed by atoms with van der Waals surface area (Å²) in [5.74, 6) is 0.911. The Hall–Kier alpha value is -1.06. The molecule has 0 aromatic heterocycles. The second kappa shape index (κ2) is 5.47. The predicted molar refractivity (Wildman–Crippen MR) is 95.1 cm³/mol. The zero-order valence-electron chi connectivity index (χ0n) is 14.5. The molecule has 1 saturated heterocycles. The Morgan fingerprint density at radius 1 is 1.29 bits per heavy atom. The molecule has 2 aliphatic carbocycles. The summed E-state index contributed by atoms with van der Waals surface area (Å²) in [7, 11) is 0. The lowest BCUT2D eigenvalue weighted by molar-refractivity contribution is -0.161. The first-order valence-corrected chi connectivity index (χ1v) is 9.42. The molecule has 24 heavy (non-hydrogen) atoms. The minimum Gasteiger partial charge on any atom is -0.390 e. The molecule has 2 saturated carbocycles. The van der Waals surface area contributed by atoms with Crippen LogP contribution in [0.15, 0.2) is 18.2 Å². The molecule has 1 aliphatic heterocycles. The summed E-state index contributed by atoms with van der Waals surface area (Å²) in [6, 6.07) is 6.40. The van der Waals surface area contributed by atoms with E-state index in [1.165, 1.54) is 24.8 Å². The van der Waals surface area contributed by atoms with Crippen LogP contribution >= 0.6 is 11.6 Å². The van der Waals surface area contributed by atoms with Crippen molar-refractivity contribution in [1.29, 1.82) is 0 Å². The van der Waals surface area contributed by atoms with Crippen molar-refractivity contribution in [2.45, 2.75) is 57.5 Å². The van der Waals surface area contributed by atoms with Gasteiger partial charge in [0, 0.05) is 29.4 Å². The van der Waals surface area contributed by atoms with E-state index < -0.39 is 5.60 Å². The SMILES string of the molecule is Cc1cc([C@H]2CCC3(C2)CN(C(=O)C2CC(C)(O)C2)C3)ccc1Cl. The summed E-state index contributed by atoms with van der Waals surface area (Å²) in [5, 5.41) is 10.7. The summed E-state index contributed by atoms with van der Waals surface area (Å²) in [6.07, 6.45) is 4.86. The number of aryl methyl sites for hydroxylation is 1. The van der Waals surface area contributed by atoms with Crippen LogP contribution in [0.5, 0.6) is 0 Å². The number of carbonyl (C=O) groups excluding carboxylic acids is 1. The van der Waals surface area contributed by atoms with E-state index in [9.17, 15) is 9.90 Å². The van der Waals surface area contributed by atoms with Crippen molar-refractivity contribution in [2.24, 2.45) is 11.3 Å². The third-order valence-corrected chi connectivity index (χ3v) is 6.87. The van der Waals surface area contributed by atoms with Crippen molar-refractivity contribution in [3.05, 3.63) is 34.3 Å². The van der Waals surface area contributed by atoms with Gasteiger partial charge in [0.25, 0.3) is 0 Å². The van der Waals surface area contributed by atoms with Crippen molar-refractivity contribution in [2.75, 3.05) is 13.1 Å². The highest BCUT2D eigenvalue weighted by Crippen LogP contribution is 2.53. The minimum atomic E-state index is -0.617. The highest BCUT2D eigenvalue weighted by Gasteiger charge is 2.53. The van der Waals surface area contributed by atoms with Gasteiger partial charge in [-0.1, -0.05) is 23.7 Å². The van der Waals surface area contributed by atoms with E-state index in [0.717, 1.165) is 23.7 Å². The second-order valence-electron chi connectivity index (χ2n) is 8.74. The number of halogens is 1. The van der Waals surface area contributed by atoms with Crippen molar-refractivity contribution >= 4 is 17.5 Å². The lowest BCUT2D eigenvalue weighted by Gasteiger charge is -2.52. The summed E-state index contributed by atoms with van der Waals surface area (Å²) in [5.41, 5.74) is 2.26. The van der Waals surface area contributed by atoms with E-state index in [4.69, 9.17) is 11.6 Å². The third-order valence-electron chi connectivity index (χ3n) is 6.44. The molecule has 1 heterocycles. The smallest absolute Gasteiger partial charge is 0.225 e. The van der Waals surface area contributed by atoms with E-state index in [2.05, 4.69) is 19.1 Å². The molecule has 1 N–H and O–H groups in total. The first kappa shape index (κ1) is 16.4. The van der Waals surface area contributed by atoms with Crippen LogP contribution in [0, 0.1) is 18.3 Å². The van der Waals surface area contributed by atoms with Crippen LogP contribution in [-0.4, -0.2) is 34.6 Å². The second-order valence-corrected chi connectivity index (χ2v) is 9.15. The number of aliphatic hydroxyl groups is 1. The Labute approximate surface area is 149 Å². The predicted octanol–water partition coefficient (Wildman–Crippen LogP) is 3.91. The maximum Gasteiger partial charge on any atom is 0.225 e. The molecule has 1 spiro atoms. The summed E-state index contributed by atoms with van der Waals surface area (Å²) >= 11 is 6.14. The first-order chi connectivity index (χ1) is 11.3. The monoisotopic (exact) mass is 347 g/mol. The molecule has 0 unspecified atom stereocenters. The van der Waals surface area contributed by atoms with Crippen LogP contribution in [0.1, 0.15) is 56.1 Å². The van der Waals surface area contributed by atoms with Gasteiger partial charge in [-0.2, -0.15) is 0 Å². The first-order valence-electron chi connectivity index (χ1n) is 9.04. The molecule has 1 atom stereocenters. The molecule has 1 aromatic carbocycles. The number of hydrogen-bond donors (Lipinski definition) is 1. The Morgan fingerprint density at radius 3 is 2.62 bits per heavy atom. The molecule has 3 fully saturated rings. The zero-order valence-corrected chi connectivity index (χ0v) is 15.3. The van der Waals surface area contributed by atoms with E-state index in [0.29, 0.717) is 24.2 Å². The van der Waals surface area contributed by atoms with Crippen LogP contribution in [0.25, 0.3) is 0 Å². The van der Waals surface area contributed by atoms with Gasteiger partial charge in [0.1, 0.15) is 0 Å². The number of nitrogens with zero attached hydrogens (tertiary/aromatic N) is 1. The average molecular weight is 348 g/mol. The maximum atomic E-state index is 12.5. The van der Waals surface area contributed by atoms with Crippen LogP contribution in [0.4, 0.5) is 0 Å². The summed E-state index contributed by atoms with van der Waals surface area (Å²) < 4.78 is 0. The number of carbonyl (C=O) groups is 1. The van der Waals surface area contributed by atoms with E-state index in [1.807, 2.05) is 17.9 Å². The van der Waals surface area contributed by atoms with E-state index >= 15 is 0 Å². The highest BCUT2D eigenvalue weighted by molar-refractivity contribution is 6.31. The molecule has 0 bridgehead atoms. The lowest BCUT2D eigenvalue weighted by Crippen LogP contribution is -2.61. The fourth-order valence-corrected chi connectivity index (χ4v) is 5.17. The standard InChI is InChI=1S/C20H26ClNO2/c1-13-7-14(3-4-17(13)21)15-5-6-20(10-15)11-22(12-20)18(23)16-8-19(2,24)9-16/h3-4,7,15-16,24H,5-6,8-12H2,1-2H3/t15-,16?,19?/m0/s1. The Balaban J connectivity index is 1.35. The van der Waals surface area contributed by atoms with Gasteiger partial charge in [-0.05, 0) is 69.1 Å². The maximum absolute atomic E-state index is 12.5. The van der Waals surface area contributed by atoms with Crippen molar-refractivity contribution in [3.8, 4) is 0 Å².